The Morgan fingerprint density at radius 3 is 2.12 bits per heavy atom. The Morgan fingerprint density at radius 2 is 1.71 bits per heavy atom. The molecule has 1 heterocycles. The van der Waals surface area contributed by atoms with Crippen LogP contribution in [0.1, 0.15) is 61.3 Å². The molecule has 2 heteroatoms. The molecular weight excluding hydrogens is 208 g/mol. The molecule has 0 aromatic carbocycles. The van der Waals surface area contributed by atoms with Crippen LogP contribution in [0.15, 0.2) is 0 Å². The Bertz CT molecular complexity index is 232. The molecule has 0 amide bonds. The van der Waals surface area contributed by atoms with E-state index in [2.05, 4.69) is 58.7 Å². The zero-order valence-electron chi connectivity index (χ0n) is 12.9. The van der Waals surface area contributed by atoms with Gasteiger partial charge in [0.1, 0.15) is 0 Å². The molecule has 1 N–H and O–H groups in total. The topological polar surface area (TPSA) is 15.3 Å². The third-order valence-electron chi connectivity index (χ3n) is 3.82. The van der Waals surface area contributed by atoms with Crippen LogP contribution in [-0.4, -0.2) is 35.6 Å². The zero-order valence-corrected chi connectivity index (χ0v) is 12.9. The highest BCUT2D eigenvalue weighted by atomic mass is 15.3. The SMILES string of the molecule is CCCC1NCCN(C(C)(C)C)C1C(C)(C)C. The minimum Gasteiger partial charge on any atom is -0.311 e. The number of hydrogen-bond donors (Lipinski definition) is 1. The summed E-state index contributed by atoms with van der Waals surface area (Å²) >= 11 is 0. The number of piperazine rings is 1. The van der Waals surface area contributed by atoms with Gasteiger partial charge in [-0.1, -0.05) is 34.1 Å². The average molecular weight is 240 g/mol. The van der Waals surface area contributed by atoms with Gasteiger partial charge in [-0.3, -0.25) is 4.90 Å². The predicted octanol–water partition coefficient (Wildman–Crippen LogP) is 3.27. The number of nitrogens with zero attached hydrogens (tertiary/aromatic N) is 1. The van der Waals surface area contributed by atoms with Gasteiger partial charge in [-0.15, -0.1) is 0 Å². The molecular formula is C15H32N2. The van der Waals surface area contributed by atoms with E-state index in [0.717, 1.165) is 6.54 Å². The Morgan fingerprint density at radius 1 is 1.12 bits per heavy atom. The fourth-order valence-corrected chi connectivity index (χ4v) is 3.23. The van der Waals surface area contributed by atoms with Crippen molar-refractivity contribution in [3.8, 4) is 0 Å². The fraction of sp³-hybridized carbons (Fsp3) is 1.00. The number of nitrogens with one attached hydrogen (secondary N) is 1. The summed E-state index contributed by atoms with van der Waals surface area (Å²) in [6.07, 6.45) is 2.55. The lowest BCUT2D eigenvalue weighted by Crippen LogP contribution is -2.66. The highest BCUT2D eigenvalue weighted by Gasteiger charge is 2.42. The molecule has 0 aromatic rings. The van der Waals surface area contributed by atoms with Crippen molar-refractivity contribution in [3.63, 3.8) is 0 Å². The molecule has 0 bridgehead atoms. The molecule has 0 spiro atoms. The number of rotatable bonds is 2. The standard InChI is InChI=1S/C15H32N2/c1-8-9-12-13(14(2,3)4)17(11-10-16-12)15(5,6)7/h12-13,16H,8-11H2,1-7H3. The van der Waals surface area contributed by atoms with Crippen LogP contribution in [0.3, 0.4) is 0 Å². The molecule has 102 valence electrons. The van der Waals surface area contributed by atoms with E-state index in [1.807, 2.05) is 0 Å². The Hall–Kier alpha value is -0.0800. The highest BCUT2D eigenvalue weighted by molar-refractivity contribution is 4.99. The van der Waals surface area contributed by atoms with Crippen LogP contribution in [0, 0.1) is 5.41 Å². The summed E-state index contributed by atoms with van der Waals surface area (Å²) in [7, 11) is 0. The zero-order chi connectivity index (χ0) is 13.3. The fourth-order valence-electron chi connectivity index (χ4n) is 3.23. The van der Waals surface area contributed by atoms with Gasteiger partial charge in [-0.05, 0) is 32.6 Å². The number of hydrogen-bond acceptors (Lipinski definition) is 2. The van der Waals surface area contributed by atoms with Gasteiger partial charge in [0.2, 0.25) is 0 Å². The third-order valence-corrected chi connectivity index (χ3v) is 3.82. The van der Waals surface area contributed by atoms with Crippen molar-refractivity contribution in [1.82, 2.24) is 10.2 Å². The van der Waals surface area contributed by atoms with Gasteiger partial charge in [0, 0.05) is 30.7 Å². The second kappa shape index (κ2) is 5.27. The smallest absolute Gasteiger partial charge is 0.0303 e. The van der Waals surface area contributed by atoms with Crippen LogP contribution in [0.5, 0.6) is 0 Å². The van der Waals surface area contributed by atoms with Crippen LogP contribution >= 0.6 is 0 Å². The highest BCUT2D eigenvalue weighted by Crippen LogP contribution is 2.34. The molecule has 0 aliphatic carbocycles. The van der Waals surface area contributed by atoms with Gasteiger partial charge in [0.05, 0.1) is 0 Å². The molecule has 0 saturated carbocycles. The van der Waals surface area contributed by atoms with Crippen LogP contribution in [0.2, 0.25) is 0 Å². The summed E-state index contributed by atoms with van der Waals surface area (Å²) in [5.74, 6) is 0. The minimum absolute atomic E-state index is 0.270. The molecule has 1 saturated heterocycles. The van der Waals surface area contributed by atoms with Gasteiger partial charge in [0.15, 0.2) is 0 Å². The molecule has 17 heavy (non-hydrogen) atoms. The Balaban J connectivity index is 2.96. The van der Waals surface area contributed by atoms with Gasteiger partial charge < -0.3 is 5.32 Å². The van der Waals surface area contributed by atoms with Crippen LogP contribution in [0.4, 0.5) is 0 Å². The van der Waals surface area contributed by atoms with E-state index in [1.54, 1.807) is 0 Å². The summed E-state index contributed by atoms with van der Waals surface area (Å²) < 4.78 is 0. The predicted molar refractivity (Wildman–Crippen MR) is 76.4 cm³/mol. The molecule has 0 aromatic heterocycles. The van der Waals surface area contributed by atoms with Gasteiger partial charge >= 0.3 is 0 Å². The van der Waals surface area contributed by atoms with Gasteiger partial charge in [-0.25, -0.2) is 0 Å². The maximum Gasteiger partial charge on any atom is 0.0303 e. The van der Waals surface area contributed by atoms with Crippen molar-refractivity contribution < 1.29 is 0 Å². The van der Waals surface area contributed by atoms with Crippen molar-refractivity contribution >= 4 is 0 Å². The Labute approximate surface area is 108 Å². The molecule has 1 aliphatic rings. The first-order chi connectivity index (χ1) is 7.68. The first-order valence-corrected chi connectivity index (χ1v) is 7.18. The summed E-state index contributed by atoms with van der Waals surface area (Å²) in [4.78, 5) is 2.71. The lowest BCUT2D eigenvalue weighted by Gasteiger charge is -2.53. The van der Waals surface area contributed by atoms with E-state index in [9.17, 15) is 0 Å². The van der Waals surface area contributed by atoms with E-state index in [1.165, 1.54) is 19.4 Å². The van der Waals surface area contributed by atoms with Crippen molar-refractivity contribution in [2.75, 3.05) is 13.1 Å². The van der Waals surface area contributed by atoms with Crippen LogP contribution < -0.4 is 5.32 Å². The largest absolute Gasteiger partial charge is 0.311 e. The molecule has 0 radical (unpaired) electrons. The molecule has 2 nitrogen and oxygen atoms in total. The van der Waals surface area contributed by atoms with E-state index < -0.39 is 0 Å². The molecule has 1 aliphatic heterocycles. The van der Waals surface area contributed by atoms with E-state index in [0.29, 0.717) is 17.5 Å². The van der Waals surface area contributed by atoms with E-state index in [4.69, 9.17) is 0 Å². The van der Waals surface area contributed by atoms with Crippen LogP contribution in [-0.2, 0) is 0 Å². The summed E-state index contributed by atoms with van der Waals surface area (Å²) in [5.41, 5.74) is 0.604. The minimum atomic E-state index is 0.270. The third kappa shape index (κ3) is 3.69. The second-order valence-corrected chi connectivity index (χ2v) is 7.52. The van der Waals surface area contributed by atoms with E-state index in [-0.39, 0.29) is 5.54 Å². The second-order valence-electron chi connectivity index (χ2n) is 7.52. The monoisotopic (exact) mass is 240 g/mol. The Kier molecular flexibility index (Phi) is 4.65. The van der Waals surface area contributed by atoms with Crippen molar-refractivity contribution in [1.29, 1.82) is 0 Å². The van der Waals surface area contributed by atoms with Gasteiger partial charge in [-0.2, -0.15) is 0 Å². The lowest BCUT2D eigenvalue weighted by molar-refractivity contribution is -0.0229. The van der Waals surface area contributed by atoms with Gasteiger partial charge in [0.25, 0.3) is 0 Å². The summed E-state index contributed by atoms with van der Waals surface area (Å²) in [6.45, 7) is 18.8. The van der Waals surface area contributed by atoms with E-state index >= 15 is 0 Å². The first kappa shape index (κ1) is 15.0. The quantitative estimate of drug-likeness (QED) is 0.797. The normalized spacial score (nSPS) is 28.4. The maximum absolute atomic E-state index is 3.74. The maximum atomic E-state index is 3.74. The molecule has 2 atom stereocenters. The molecule has 1 fully saturated rings. The van der Waals surface area contributed by atoms with Crippen molar-refractivity contribution in [3.05, 3.63) is 0 Å². The average Bonchev–Trinajstić information content (AvgIpc) is 2.14. The molecule has 1 rings (SSSR count). The summed E-state index contributed by atoms with van der Waals surface area (Å²) in [5, 5.41) is 3.74. The van der Waals surface area contributed by atoms with Crippen molar-refractivity contribution in [2.45, 2.75) is 78.9 Å². The summed E-state index contributed by atoms with van der Waals surface area (Å²) in [6, 6.07) is 1.28. The van der Waals surface area contributed by atoms with Crippen molar-refractivity contribution in [2.24, 2.45) is 5.41 Å². The lowest BCUT2D eigenvalue weighted by atomic mass is 9.77. The van der Waals surface area contributed by atoms with Crippen LogP contribution in [0.25, 0.3) is 0 Å². The molecule has 2 unspecified atom stereocenters. The first-order valence-electron chi connectivity index (χ1n) is 7.18.